The second-order valence-corrected chi connectivity index (χ2v) is 9.57. The smallest absolute Gasteiger partial charge is 0.351 e. The van der Waals surface area contributed by atoms with Crippen molar-refractivity contribution in [1.82, 2.24) is 10.2 Å². The first kappa shape index (κ1) is 24.3. The van der Waals surface area contributed by atoms with E-state index in [4.69, 9.17) is 11.6 Å². The summed E-state index contributed by atoms with van der Waals surface area (Å²) in [5.41, 5.74) is -1.26. The fraction of sp³-hybridized carbons (Fsp3) is 0.381. The third kappa shape index (κ3) is 6.36. The molecule has 32 heavy (non-hydrogen) atoms. The number of nitrogens with zero attached hydrogens (tertiary/aromatic N) is 1. The van der Waals surface area contributed by atoms with E-state index in [2.05, 4.69) is 14.9 Å². The molecule has 6 nitrogen and oxygen atoms in total. The molecule has 2 aromatic carbocycles. The molecule has 1 fully saturated rings. The first-order valence-electron chi connectivity index (χ1n) is 10.1. The van der Waals surface area contributed by atoms with Crippen molar-refractivity contribution in [2.45, 2.75) is 30.3 Å². The van der Waals surface area contributed by atoms with E-state index in [0.717, 1.165) is 44.1 Å². The zero-order chi connectivity index (χ0) is 23.4. The van der Waals surface area contributed by atoms with E-state index in [-0.39, 0.29) is 21.2 Å². The quantitative estimate of drug-likeness (QED) is 0.605. The molecule has 3 rings (SSSR count). The van der Waals surface area contributed by atoms with Crippen LogP contribution in [0.15, 0.2) is 47.4 Å². The molecular weight excluding hydrogens is 467 g/mol. The van der Waals surface area contributed by atoms with Crippen LogP contribution in [0.5, 0.6) is 0 Å². The van der Waals surface area contributed by atoms with E-state index in [1.165, 1.54) is 24.6 Å². The Hall–Kier alpha value is -2.30. The lowest BCUT2D eigenvalue weighted by Crippen LogP contribution is -2.37. The molecule has 0 unspecified atom stereocenters. The Bertz CT molecular complexity index is 1070. The fourth-order valence-corrected chi connectivity index (χ4v) is 4.70. The highest BCUT2D eigenvalue weighted by molar-refractivity contribution is 7.92. The number of hydrogen-bond acceptors (Lipinski definition) is 4. The molecule has 174 valence electrons. The van der Waals surface area contributed by atoms with E-state index < -0.39 is 27.7 Å². The first-order valence-corrected chi connectivity index (χ1v) is 11.9. The lowest BCUT2D eigenvalue weighted by Gasteiger charge is -2.26. The SMILES string of the molecule is O=C(NCCN1CCCCC1)c1cc(S(=O)(=O)Nc2cccc(C(F)(F)F)c2)ccc1Cl. The highest BCUT2D eigenvalue weighted by Crippen LogP contribution is 2.31. The number of rotatable bonds is 7. The van der Waals surface area contributed by atoms with Crippen LogP contribution >= 0.6 is 11.6 Å². The summed E-state index contributed by atoms with van der Waals surface area (Å²) >= 11 is 6.09. The van der Waals surface area contributed by atoms with E-state index in [0.29, 0.717) is 19.2 Å². The van der Waals surface area contributed by atoms with Gasteiger partial charge in [-0.15, -0.1) is 0 Å². The van der Waals surface area contributed by atoms with Gasteiger partial charge in [0, 0.05) is 18.8 Å². The maximum Gasteiger partial charge on any atom is 0.416 e. The van der Waals surface area contributed by atoms with Crippen LogP contribution < -0.4 is 10.0 Å². The lowest BCUT2D eigenvalue weighted by atomic mass is 10.1. The van der Waals surface area contributed by atoms with Gasteiger partial charge in [-0.3, -0.25) is 9.52 Å². The van der Waals surface area contributed by atoms with Crippen LogP contribution in [-0.4, -0.2) is 45.4 Å². The molecular formula is C21H23ClF3N3O3S. The van der Waals surface area contributed by atoms with Crippen molar-refractivity contribution < 1.29 is 26.4 Å². The number of benzene rings is 2. The third-order valence-corrected chi connectivity index (χ3v) is 6.81. The zero-order valence-corrected chi connectivity index (χ0v) is 18.7. The number of nitrogens with one attached hydrogen (secondary N) is 2. The van der Waals surface area contributed by atoms with Crippen LogP contribution in [0.4, 0.5) is 18.9 Å². The summed E-state index contributed by atoms with van der Waals surface area (Å²) in [6.07, 6.45) is -1.16. The van der Waals surface area contributed by atoms with Crippen LogP contribution in [0.2, 0.25) is 5.02 Å². The molecule has 0 radical (unpaired) electrons. The number of sulfonamides is 1. The molecule has 1 amide bonds. The highest BCUT2D eigenvalue weighted by atomic mass is 35.5. The van der Waals surface area contributed by atoms with Crippen molar-refractivity contribution in [3.05, 3.63) is 58.6 Å². The van der Waals surface area contributed by atoms with Crippen LogP contribution in [0.1, 0.15) is 35.2 Å². The van der Waals surface area contributed by atoms with Gasteiger partial charge in [0.05, 0.1) is 21.0 Å². The molecule has 1 saturated heterocycles. The van der Waals surface area contributed by atoms with Crippen molar-refractivity contribution in [1.29, 1.82) is 0 Å². The van der Waals surface area contributed by atoms with Gasteiger partial charge in [-0.05, 0) is 62.3 Å². The largest absolute Gasteiger partial charge is 0.416 e. The number of piperidine rings is 1. The number of anilines is 1. The average molecular weight is 490 g/mol. The molecule has 0 spiro atoms. The zero-order valence-electron chi connectivity index (χ0n) is 17.1. The minimum atomic E-state index is -4.61. The monoisotopic (exact) mass is 489 g/mol. The summed E-state index contributed by atoms with van der Waals surface area (Å²) in [7, 11) is -4.25. The molecule has 1 heterocycles. The molecule has 1 aliphatic heterocycles. The van der Waals surface area contributed by atoms with E-state index >= 15 is 0 Å². The van der Waals surface area contributed by atoms with Gasteiger partial charge in [0.1, 0.15) is 0 Å². The minimum absolute atomic E-state index is 0.0303. The number of amides is 1. The summed E-state index contributed by atoms with van der Waals surface area (Å²) in [6, 6.07) is 7.40. The molecule has 0 saturated carbocycles. The van der Waals surface area contributed by atoms with Crippen molar-refractivity contribution in [2.24, 2.45) is 0 Å². The topological polar surface area (TPSA) is 78.5 Å². The van der Waals surface area contributed by atoms with Gasteiger partial charge in [0.2, 0.25) is 0 Å². The van der Waals surface area contributed by atoms with Crippen LogP contribution in [0.25, 0.3) is 0 Å². The summed E-state index contributed by atoms with van der Waals surface area (Å²) in [5, 5.41) is 2.80. The molecule has 0 aromatic heterocycles. The van der Waals surface area contributed by atoms with Crippen molar-refractivity contribution in [3.8, 4) is 0 Å². The molecule has 2 N–H and O–H groups in total. The molecule has 0 atom stereocenters. The Morgan fingerprint density at radius 3 is 2.47 bits per heavy atom. The normalized spacial score (nSPS) is 15.4. The molecule has 11 heteroatoms. The fourth-order valence-electron chi connectivity index (χ4n) is 3.42. The standard InChI is InChI=1S/C21H23ClF3N3O3S/c22-19-8-7-17(14-18(19)20(29)26-9-12-28-10-2-1-3-11-28)32(30,31)27-16-6-4-5-15(13-16)21(23,24)25/h4-8,13-14,27H,1-3,9-12H2,(H,26,29). The van der Waals surface area contributed by atoms with Gasteiger partial charge in [-0.1, -0.05) is 24.1 Å². The predicted molar refractivity (Wildman–Crippen MR) is 116 cm³/mol. The maximum atomic E-state index is 12.9. The Morgan fingerprint density at radius 1 is 1.06 bits per heavy atom. The van der Waals surface area contributed by atoms with Crippen molar-refractivity contribution >= 4 is 33.2 Å². The Morgan fingerprint density at radius 2 is 1.78 bits per heavy atom. The second-order valence-electron chi connectivity index (χ2n) is 7.48. The van der Waals surface area contributed by atoms with Gasteiger partial charge in [0.15, 0.2) is 0 Å². The number of likely N-dealkylation sites (tertiary alicyclic amines) is 1. The summed E-state index contributed by atoms with van der Waals surface area (Å²) in [5.74, 6) is -0.525. The molecule has 2 aromatic rings. The van der Waals surface area contributed by atoms with Crippen LogP contribution in [0, 0.1) is 0 Å². The number of carbonyl (C=O) groups is 1. The Kier molecular flexibility index (Phi) is 7.68. The third-order valence-electron chi connectivity index (χ3n) is 5.10. The van der Waals surface area contributed by atoms with Crippen molar-refractivity contribution in [2.75, 3.05) is 30.9 Å². The molecule has 0 bridgehead atoms. The Labute approximate surface area is 189 Å². The number of halogens is 4. The number of alkyl halides is 3. The second kappa shape index (κ2) is 10.1. The van der Waals surface area contributed by atoms with Gasteiger partial charge < -0.3 is 10.2 Å². The Balaban J connectivity index is 1.71. The summed E-state index contributed by atoms with van der Waals surface area (Å²) in [6.45, 7) is 3.02. The first-order chi connectivity index (χ1) is 15.1. The number of carbonyl (C=O) groups excluding carboxylic acids is 1. The van der Waals surface area contributed by atoms with Crippen LogP contribution in [0.3, 0.4) is 0 Å². The van der Waals surface area contributed by atoms with Crippen molar-refractivity contribution in [3.63, 3.8) is 0 Å². The highest BCUT2D eigenvalue weighted by Gasteiger charge is 2.31. The summed E-state index contributed by atoms with van der Waals surface area (Å²) in [4.78, 5) is 14.5. The predicted octanol–water partition coefficient (Wildman–Crippen LogP) is 4.38. The van der Waals surface area contributed by atoms with Gasteiger partial charge in [-0.25, -0.2) is 8.42 Å². The maximum absolute atomic E-state index is 12.9. The van der Waals surface area contributed by atoms with E-state index in [1.54, 1.807) is 0 Å². The lowest BCUT2D eigenvalue weighted by molar-refractivity contribution is -0.137. The van der Waals surface area contributed by atoms with E-state index in [9.17, 15) is 26.4 Å². The van der Waals surface area contributed by atoms with Crippen LogP contribution in [-0.2, 0) is 16.2 Å². The summed E-state index contributed by atoms with van der Waals surface area (Å²) < 4.78 is 66.2. The average Bonchev–Trinajstić information content (AvgIpc) is 2.74. The van der Waals surface area contributed by atoms with Gasteiger partial charge >= 0.3 is 6.18 Å². The molecule has 1 aliphatic rings. The molecule has 0 aliphatic carbocycles. The number of hydrogen-bond donors (Lipinski definition) is 2. The minimum Gasteiger partial charge on any atom is -0.351 e. The van der Waals surface area contributed by atoms with Gasteiger partial charge in [0.25, 0.3) is 15.9 Å². The van der Waals surface area contributed by atoms with E-state index in [1.807, 2.05) is 0 Å². The van der Waals surface area contributed by atoms with Gasteiger partial charge in [-0.2, -0.15) is 13.2 Å².